The standard InChI is InChI=1S/C26H29F2N5O3/c1-15(30-18-9-16(27)8-17(28)10-18)20-11-19(31-25-29-14-26(2,3)32-25)12-21-22(34)13-23(36-24(20)21)33-4-6-35-7-5-33/h8-13,15,30H,4-7,14H2,1-3H3,(H2,29,31,32). The fraction of sp³-hybridized carbons (Fsp3) is 0.385. The van der Waals surface area contributed by atoms with Crippen molar-refractivity contribution in [3.63, 3.8) is 0 Å². The molecule has 1 unspecified atom stereocenters. The summed E-state index contributed by atoms with van der Waals surface area (Å²) in [7, 11) is 0. The van der Waals surface area contributed by atoms with Crippen LogP contribution in [0.2, 0.25) is 0 Å². The lowest BCUT2D eigenvalue weighted by atomic mass is 10.0. The summed E-state index contributed by atoms with van der Waals surface area (Å²) in [6.07, 6.45) is 0. The monoisotopic (exact) mass is 497 g/mol. The van der Waals surface area contributed by atoms with E-state index in [2.05, 4.69) is 20.9 Å². The third-order valence-corrected chi connectivity index (χ3v) is 6.23. The summed E-state index contributed by atoms with van der Waals surface area (Å²) < 4.78 is 39.3. The largest absolute Gasteiger partial charge is 0.440 e. The van der Waals surface area contributed by atoms with Crippen LogP contribution in [0.3, 0.4) is 0 Å². The van der Waals surface area contributed by atoms with Crippen molar-refractivity contribution < 1.29 is 17.9 Å². The second-order valence-electron chi connectivity index (χ2n) is 9.81. The number of rotatable bonds is 5. The first-order valence-corrected chi connectivity index (χ1v) is 11.9. The highest BCUT2D eigenvalue weighted by molar-refractivity contribution is 5.98. The van der Waals surface area contributed by atoms with E-state index < -0.39 is 17.7 Å². The number of nitrogens with zero attached hydrogens (tertiary/aromatic N) is 2. The third-order valence-electron chi connectivity index (χ3n) is 6.23. The third kappa shape index (κ3) is 5.13. The minimum absolute atomic E-state index is 0.176. The quantitative estimate of drug-likeness (QED) is 0.486. The van der Waals surface area contributed by atoms with E-state index in [0.29, 0.717) is 66.9 Å². The molecule has 190 valence electrons. The summed E-state index contributed by atoms with van der Waals surface area (Å²) >= 11 is 0. The molecule has 1 atom stereocenters. The predicted octanol–water partition coefficient (Wildman–Crippen LogP) is 4.23. The van der Waals surface area contributed by atoms with Crippen LogP contribution in [0, 0.1) is 11.6 Å². The molecule has 0 bridgehead atoms. The first-order valence-electron chi connectivity index (χ1n) is 11.9. The van der Waals surface area contributed by atoms with Crippen LogP contribution in [-0.4, -0.2) is 44.3 Å². The summed E-state index contributed by atoms with van der Waals surface area (Å²) in [5, 5.41) is 10.1. The minimum atomic E-state index is -0.681. The Labute approximate surface area is 207 Å². The minimum Gasteiger partial charge on any atom is -0.440 e. The van der Waals surface area contributed by atoms with Gasteiger partial charge in [0.05, 0.1) is 36.7 Å². The molecule has 2 aliphatic rings. The van der Waals surface area contributed by atoms with Crippen LogP contribution < -0.4 is 26.3 Å². The van der Waals surface area contributed by atoms with Crippen molar-refractivity contribution >= 4 is 34.2 Å². The number of aliphatic imine (C=N–C) groups is 1. The van der Waals surface area contributed by atoms with E-state index in [1.165, 1.54) is 18.2 Å². The highest BCUT2D eigenvalue weighted by atomic mass is 19.1. The number of nitrogens with one attached hydrogen (secondary N) is 3. The summed E-state index contributed by atoms with van der Waals surface area (Å²) in [6.45, 7) is 8.87. The maximum atomic E-state index is 13.8. The predicted molar refractivity (Wildman–Crippen MR) is 137 cm³/mol. The van der Waals surface area contributed by atoms with Gasteiger partial charge in [-0.3, -0.25) is 9.79 Å². The van der Waals surface area contributed by atoms with Crippen LogP contribution in [0.1, 0.15) is 32.4 Å². The van der Waals surface area contributed by atoms with E-state index >= 15 is 0 Å². The number of guanidine groups is 1. The Balaban J connectivity index is 1.57. The second kappa shape index (κ2) is 9.42. The Morgan fingerprint density at radius 2 is 1.78 bits per heavy atom. The molecule has 10 heteroatoms. The number of fused-ring (bicyclic) bond motifs is 1. The van der Waals surface area contributed by atoms with Crippen molar-refractivity contribution in [2.45, 2.75) is 32.4 Å². The fourth-order valence-corrected chi connectivity index (χ4v) is 4.45. The molecule has 3 aromatic rings. The number of halogens is 2. The van der Waals surface area contributed by atoms with Crippen LogP contribution in [0.5, 0.6) is 0 Å². The number of hydrogen-bond acceptors (Lipinski definition) is 8. The van der Waals surface area contributed by atoms with Crippen LogP contribution in [0.15, 0.2) is 50.6 Å². The van der Waals surface area contributed by atoms with Crippen LogP contribution in [-0.2, 0) is 4.74 Å². The summed E-state index contributed by atoms with van der Waals surface area (Å²) in [6, 6.07) is 7.90. The van der Waals surface area contributed by atoms with Gasteiger partial charge in [0, 0.05) is 42.2 Å². The summed E-state index contributed by atoms with van der Waals surface area (Å²) in [5.74, 6) is -0.295. The first kappa shape index (κ1) is 24.1. The average Bonchev–Trinajstić information content (AvgIpc) is 3.16. The van der Waals surface area contributed by atoms with E-state index in [9.17, 15) is 13.6 Å². The molecule has 2 aromatic carbocycles. The molecule has 8 nitrogen and oxygen atoms in total. The molecule has 3 N–H and O–H groups in total. The van der Waals surface area contributed by atoms with E-state index in [4.69, 9.17) is 9.15 Å². The van der Waals surface area contributed by atoms with Crippen molar-refractivity contribution in [2.24, 2.45) is 4.99 Å². The highest BCUT2D eigenvalue weighted by Gasteiger charge is 2.26. The molecule has 0 spiro atoms. The summed E-state index contributed by atoms with van der Waals surface area (Å²) in [5.41, 5.74) is 1.63. The molecule has 1 fully saturated rings. The van der Waals surface area contributed by atoms with Crippen molar-refractivity contribution in [2.75, 3.05) is 48.4 Å². The first-order chi connectivity index (χ1) is 17.2. The van der Waals surface area contributed by atoms with Gasteiger partial charge in [-0.05, 0) is 45.0 Å². The highest BCUT2D eigenvalue weighted by Crippen LogP contribution is 2.32. The van der Waals surface area contributed by atoms with Gasteiger partial charge < -0.3 is 30.0 Å². The number of morpholine rings is 1. The topological polar surface area (TPSA) is 91.1 Å². The molecule has 0 radical (unpaired) electrons. The molecule has 0 aliphatic carbocycles. The van der Waals surface area contributed by atoms with Crippen LogP contribution >= 0.6 is 0 Å². The van der Waals surface area contributed by atoms with Gasteiger partial charge in [0.15, 0.2) is 17.3 Å². The Kier molecular flexibility index (Phi) is 6.29. The molecular formula is C26H29F2N5O3. The zero-order valence-corrected chi connectivity index (χ0v) is 20.5. The fourth-order valence-electron chi connectivity index (χ4n) is 4.45. The van der Waals surface area contributed by atoms with Crippen molar-refractivity contribution in [1.29, 1.82) is 0 Å². The van der Waals surface area contributed by atoms with Gasteiger partial charge in [0.25, 0.3) is 0 Å². The summed E-state index contributed by atoms with van der Waals surface area (Å²) in [4.78, 5) is 19.7. The van der Waals surface area contributed by atoms with Gasteiger partial charge in [-0.25, -0.2) is 8.78 Å². The number of anilines is 3. The molecule has 5 rings (SSSR count). The van der Waals surface area contributed by atoms with Gasteiger partial charge in [-0.2, -0.15) is 0 Å². The number of hydrogen-bond donors (Lipinski definition) is 3. The molecular weight excluding hydrogens is 468 g/mol. The Morgan fingerprint density at radius 3 is 2.44 bits per heavy atom. The van der Waals surface area contributed by atoms with Gasteiger partial charge in [-0.15, -0.1) is 0 Å². The molecule has 3 heterocycles. The SMILES string of the molecule is CC(Nc1cc(F)cc(F)c1)c1cc(NC2=NCC(C)(C)N2)cc2c(=O)cc(N3CCOCC3)oc12. The van der Waals surface area contributed by atoms with E-state index in [0.717, 1.165) is 6.07 Å². The van der Waals surface area contributed by atoms with Gasteiger partial charge in [0.2, 0.25) is 0 Å². The van der Waals surface area contributed by atoms with Crippen LogP contribution in [0.25, 0.3) is 11.0 Å². The maximum Gasteiger partial charge on any atom is 0.200 e. The lowest BCUT2D eigenvalue weighted by molar-refractivity contribution is 0.121. The second-order valence-corrected chi connectivity index (χ2v) is 9.81. The number of ether oxygens (including phenoxy) is 1. The van der Waals surface area contributed by atoms with Gasteiger partial charge in [-0.1, -0.05) is 0 Å². The molecule has 1 saturated heterocycles. The van der Waals surface area contributed by atoms with Gasteiger partial charge in [0.1, 0.15) is 17.2 Å². The van der Waals surface area contributed by atoms with E-state index in [-0.39, 0.29) is 16.7 Å². The van der Waals surface area contributed by atoms with E-state index in [1.807, 2.05) is 31.7 Å². The Bertz CT molecular complexity index is 1360. The Morgan fingerprint density at radius 1 is 1.06 bits per heavy atom. The maximum absolute atomic E-state index is 13.8. The molecule has 36 heavy (non-hydrogen) atoms. The lowest BCUT2D eigenvalue weighted by Gasteiger charge is -2.27. The zero-order chi connectivity index (χ0) is 25.4. The molecule has 0 saturated carbocycles. The van der Waals surface area contributed by atoms with Crippen molar-refractivity contribution in [1.82, 2.24) is 5.32 Å². The molecule has 1 aromatic heterocycles. The van der Waals surface area contributed by atoms with Crippen molar-refractivity contribution in [3.05, 3.63) is 63.8 Å². The smallest absolute Gasteiger partial charge is 0.200 e. The lowest BCUT2D eigenvalue weighted by Crippen LogP contribution is -2.42. The normalized spacial score (nSPS) is 18.0. The Hall–Kier alpha value is -3.66. The molecule has 2 aliphatic heterocycles. The van der Waals surface area contributed by atoms with Gasteiger partial charge >= 0.3 is 0 Å². The average molecular weight is 498 g/mol. The molecule has 0 amide bonds. The van der Waals surface area contributed by atoms with E-state index in [1.54, 1.807) is 6.07 Å². The van der Waals surface area contributed by atoms with Crippen molar-refractivity contribution in [3.8, 4) is 0 Å². The number of benzene rings is 2. The van der Waals surface area contributed by atoms with Crippen LogP contribution in [0.4, 0.5) is 26.0 Å². The zero-order valence-electron chi connectivity index (χ0n) is 20.5.